The Morgan fingerprint density at radius 2 is 1.40 bits per heavy atom. The van der Waals surface area contributed by atoms with E-state index in [2.05, 4.69) is 0 Å². The standard InChI is InChI=1S/C4F5I/c5-1-2(6)4(9,10)3(1,7)8. The molecule has 1 rings (SSSR count). The van der Waals surface area contributed by atoms with Crippen LogP contribution >= 0.6 is 22.6 Å². The average Bonchev–Trinajstić information content (AvgIpc) is 1.84. The van der Waals surface area contributed by atoms with Crippen molar-refractivity contribution in [3.8, 4) is 0 Å². The van der Waals surface area contributed by atoms with Crippen molar-refractivity contribution < 1.29 is 22.0 Å². The molecule has 0 saturated heterocycles. The van der Waals surface area contributed by atoms with E-state index in [1.165, 1.54) is 0 Å². The van der Waals surface area contributed by atoms with Gasteiger partial charge in [-0.1, -0.05) is 0 Å². The Morgan fingerprint density at radius 1 is 1.00 bits per heavy atom. The lowest BCUT2D eigenvalue weighted by Gasteiger charge is -2.34. The zero-order valence-electron chi connectivity index (χ0n) is 4.27. The van der Waals surface area contributed by atoms with Gasteiger partial charge in [0.1, 0.15) is 0 Å². The third-order valence-electron chi connectivity index (χ3n) is 1.14. The fourth-order valence-corrected chi connectivity index (χ4v) is 0.962. The normalized spacial score (nSPS) is 37.8. The molecular weight excluding hydrogens is 270 g/mol. The van der Waals surface area contributed by atoms with E-state index in [1.54, 1.807) is 0 Å². The molecule has 0 heterocycles. The van der Waals surface area contributed by atoms with Gasteiger partial charge >= 0.3 is 5.92 Å². The Morgan fingerprint density at radius 3 is 1.50 bits per heavy atom. The van der Waals surface area contributed by atoms with Gasteiger partial charge in [0, 0.05) is 0 Å². The highest BCUT2D eigenvalue weighted by Crippen LogP contribution is 2.59. The molecule has 0 amide bonds. The third kappa shape index (κ3) is 0.652. The molecule has 0 aromatic rings. The van der Waals surface area contributed by atoms with E-state index in [9.17, 15) is 22.0 Å². The van der Waals surface area contributed by atoms with Crippen molar-refractivity contribution in [2.75, 3.05) is 0 Å². The lowest BCUT2D eigenvalue weighted by molar-refractivity contribution is -0.0951. The maximum absolute atomic E-state index is 12.2. The van der Waals surface area contributed by atoms with E-state index in [0.717, 1.165) is 0 Å². The Balaban J connectivity index is 3.10. The van der Waals surface area contributed by atoms with Crippen LogP contribution in [0.3, 0.4) is 0 Å². The van der Waals surface area contributed by atoms with Crippen molar-refractivity contribution in [3.63, 3.8) is 0 Å². The van der Waals surface area contributed by atoms with Crippen LogP contribution in [0, 0.1) is 0 Å². The van der Waals surface area contributed by atoms with Gasteiger partial charge in [-0.2, -0.15) is 8.78 Å². The maximum atomic E-state index is 12.2. The predicted octanol–water partition coefficient (Wildman–Crippen LogP) is 2.89. The zero-order valence-corrected chi connectivity index (χ0v) is 6.43. The van der Waals surface area contributed by atoms with Crippen molar-refractivity contribution in [1.82, 2.24) is 0 Å². The molecule has 58 valence electrons. The summed E-state index contributed by atoms with van der Waals surface area (Å²) in [5.74, 6) is -8.61. The molecule has 1 unspecified atom stereocenters. The topological polar surface area (TPSA) is 0 Å². The highest BCUT2D eigenvalue weighted by atomic mass is 127. The highest BCUT2D eigenvalue weighted by molar-refractivity contribution is 14.1. The SMILES string of the molecule is FC1=C(F)C(F)(I)C1(F)F. The van der Waals surface area contributed by atoms with Gasteiger partial charge in [-0.25, -0.2) is 13.2 Å². The van der Waals surface area contributed by atoms with Crippen LogP contribution in [0.2, 0.25) is 0 Å². The zero-order chi connectivity index (χ0) is 8.15. The van der Waals surface area contributed by atoms with Gasteiger partial charge in [0.2, 0.25) is 5.83 Å². The minimum Gasteiger partial charge on any atom is -0.217 e. The lowest BCUT2D eigenvalue weighted by Crippen LogP contribution is -2.49. The van der Waals surface area contributed by atoms with Gasteiger partial charge in [0.05, 0.1) is 0 Å². The van der Waals surface area contributed by atoms with Gasteiger partial charge in [-0.05, 0) is 22.6 Å². The van der Waals surface area contributed by atoms with Crippen LogP contribution in [0.15, 0.2) is 11.7 Å². The molecule has 0 aliphatic heterocycles. The van der Waals surface area contributed by atoms with Gasteiger partial charge < -0.3 is 0 Å². The Kier molecular flexibility index (Phi) is 1.51. The van der Waals surface area contributed by atoms with Crippen LogP contribution in [0.1, 0.15) is 0 Å². The molecule has 1 aliphatic rings. The molecule has 0 nitrogen and oxygen atoms in total. The molecule has 1 atom stereocenters. The molecule has 0 fully saturated rings. The van der Waals surface area contributed by atoms with Crippen molar-refractivity contribution in [3.05, 3.63) is 11.7 Å². The number of alkyl halides is 4. The van der Waals surface area contributed by atoms with Gasteiger partial charge in [0.15, 0.2) is 5.83 Å². The van der Waals surface area contributed by atoms with E-state index in [4.69, 9.17) is 0 Å². The minimum absolute atomic E-state index is 0.522. The number of rotatable bonds is 0. The summed E-state index contributed by atoms with van der Waals surface area (Å²) in [6, 6.07) is 0. The Hall–Kier alpha value is 0.120. The van der Waals surface area contributed by atoms with Crippen molar-refractivity contribution in [2.45, 2.75) is 9.60 Å². The number of halogens is 6. The molecule has 0 radical (unpaired) electrons. The largest absolute Gasteiger partial charge is 0.350 e. The first-order valence-corrected chi connectivity index (χ1v) is 3.21. The van der Waals surface area contributed by atoms with Gasteiger partial charge in [0.25, 0.3) is 3.68 Å². The monoisotopic (exact) mass is 270 g/mol. The first-order valence-electron chi connectivity index (χ1n) is 2.13. The summed E-state index contributed by atoms with van der Waals surface area (Å²) in [6.07, 6.45) is 0. The van der Waals surface area contributed by atoms with Crippen LogP contribution in [-0.4, -0.2) is 9.60 Å². The van der Waals surface area contributed by atoms with Crippen molar-refractivity contribution in [2.24, 2.45) is 0 Å². The fourth-order valence-electron chi connectivity index (χ4n) is 0.489. The number of allylic oxidation sites excluding steroid dienone is 2. The summed E-state index contributed by atoms with van der Waals surface area (Å²) in [5.41, 5.74) is 0. The summed E-state index contributed by atoms with van der Waals surface area (Å²) in [7, 11) is 0. The van der Waals surface area contributed by atoms with E-state index >= 15 is 0 Å². The highest BCUT2D eigenvalue weighted by Gasteiger charge is 2.71. The molecule has 0 aromatic heterocycles. The van der Waals surface area contributed by atoms with Crippen LogP contribution in [0.5, 0.6) is 0 Å². The van der Waals surface area contributed by atoms with E-state index < -0.39 is 21.3 Å². The molecule has 0 spiro atoms. The van der Waals surface area contributed by atoms with Gasteiger partial charge in [-0.3, -0.25) is 0 Å². The first kappa shape index (κ1) is 8.22. The first-order chi connectivity index (χ1) is 4.32. The smallest absolute Gasteiger partial charge is 0.217 e. The maximum Gasteiger partial charge on any atom is 0.350 e. The molecular formula is C4F5I. The second-order valence-corrected chi connectivity index (χ2v) is 3.26. The summed E-state index contributed by atoms with van der Waals surface area (Å²) in [4.78, 5) is 0. The van der Waals surface area contributed by atoms with Crippen molar-refractivity contribution in [1.29, 1.82) is 0 Å². The Bertz CT molecular complexity index is 184. The molecule has 1 aliphatic carbocycles. The molecule has 0 bridgehead atoms. The summed E-state index contributed by atoms with van der Waals surface area (Å²) < 4.78 is 56.0. The molecule has 0 N–H and O–H groups in total. The van der Waals surface area contributed by atoms with Crippen LogP contribution in [-0.2, 0) is 0 Å². The average molecular weight is 270 g/mol. The number of hydrogen-bond acceptors (Lipinski definition) is 0. The van der Waals surface area contributed by atoms with E-state index in [0.29, 0.717) is 22.6 Å². The summed E-state index contributed by atoms with van der Waals surface area (Å²) in [6.45, 7) is 0. The van der Waals surface area contributed by atoms with E-state index in [-0.39, 0.29) is 0 Å². The molecule has 0 aromatic carbocycles. The fraction of sp³-hybridized carbons (Fsp3) is 0.500. The number of hydrogen-bond donors (Lipinski definition) is 0. The van der Waals surface area contributed by atoms with Crippen LogP contribution < -0.4 is 0 Å². The lowest BCUT2D eigenvalue weighted by atomic mass is 10.0. The van der Waals surface area contributed by atoms with Gasteiger partial charge in [-0.15, -0.1) is 0 Å². The molecule has 0 saturated carbocycles. The Labute approximate surface area is 66.2 Å². The molecule has 6 heteroatoms. The van der Waals surface area contributed by atoms with Crippen LogP contribution in [0.25, 0.3) is 0 Å². The van der Waals surface area contributed by atoms with E-state index in [1.807, 2.05) is 0 Å². The second kappa shape index (κ2) is 1.83. The predicted molar refractivity (Wildman–Crippen MR) is 32.0 cm³/mol. The van der Waals surface area contributed by atoms with Crippen molar-refractivity contribution >= 4 is 22.6 Å². The summed E-state index contributed by atoms with van der Waals surface area (Å²) >= 11 is 0.522. The summed E-state index contributed by atoms with van der Waals surface area (Å²) in [5, 5.41) is 0. The minimum atomic E-state index is -4.29. The molecule has 10 heavy (non-hydrogen) atoms. The quantitative estimate of drug-likeness (QED) is 0.360. The van der Waals surface area contributed by atoms with Crippen LogP contribution in [0.4, 0.5) is 22.0 Å². The third-order valence-corrected chi connectivity index (χ3v) is 2.29. The second-order valence-electron chi connectivity index (χ2n) is 1.78.